The summed E-state index contributed by atoms with van der Waals surface area (Å²) in [5.74, 6) is -0.0802. The summed E-state index contributed by atoms with van der Waals surface area (Å²) in [5, 5.41) is 9.91. The van der Waals surface area contributed by atoms with Crippen LogP contribution in [0.25, 0.3) is 0 Å². The van der Waals surface area contributed by atoms with Gasteiger partial charge < -0.3 is 10.0 Å². The van der Waals surface area contributed by atoms with Crippen molar-refractivity contribution in [3.8, 4) is 0 Å². The number of β-amino-alcohol motifs (C(OH)–C–C–N with tert-alkyl or cyclic N) is 1. The molecule has 0 atom stereocenters. The Labute approximate surface area is 128 Å². The lowest BCUT2D eigenvalue weighted by Gasteiger charge is -2.22. The number of halogens is 2. The van der Waals surface area contributed by atoms with Crippen molar-refractivity contribution >= 4 is 29.1 Å². The molecule has 2 rings (SSSR count). The Kier molecular flexibility index (Phi) is 5.66. The predicted octanol–water partition coefficient (Wildman–Crippen LogP) is 2.13. The summed E-state index contributed by atoms with van der Waals surface area (Å²) in [6.45, 7) is 3.80. The molecule has 0 spiro atoms. The van der Waals surface area contributed by atoms with Crippen molar-refractivity contribution in [2.75, 3.05) is 39.3 Å². The highest BCUT2D eigenvalue weighted by Gasteiger charge is 2.21. The van der Waals surface area contributed by atoms with Crippen molar-refractivity contribution in [3.05, 3.63) is 33.8 Å². The van der Waals surface area contributed by atoms with Gasteiger partial charge in [0.25, 0.3) is 5.91 Å². The first-order chi connectivity index (χ1) is 9.61. The van der Waals surface area contributed by atoms with E-state index in [4.69, 9.17) is 28.3 Å². The summed E-state index contributed by atoms with van der Waals surface area (Å²) >= 11 is 12.0. The first kappa shape index (κ1) is 15.6. The Morgan fingerprint density at radius 3 is 2.75 bits per heavy atom. The van der Waals surface area contributed by atoms with E-state index in [9.17, 15) is 4.79 Å². The summed E-state index contributed by atoms with van der Waals surface area (Å²) in [7, 11) is 0. The number of rotatable bonds is 3. The zero-order chi connectivity index (χ0) is 14.5. The van der Waals surface area contributed by atoms with Crippen molar-refractivity contribution in [2.45, 2.75) is 6.42 Å². The highest BCUT2D eigenvalue weighted by molar-refractivity contribution is 6.35. The van der Waals surface area contributed by atoms with Gasteiger partial charge in [-0.15, -0.1) is 0 Å². The summed E-state index contributed by atoms with van der Waals surface area (Å²) in [4.78, 5) is 16.5. The third kappa shape index (κ3) is 3.85. The largest absolute Gasteiger partial charge is 0.395 e. The van der Waals surface area contributed by atoms with Gasteiger partial charge in [-0.2, -0.15) is 0 Å². The molecule has 1 aromatic rings. The minimum Gasteiger partial charge on any atom is -0.395 e. The van der Waals surface area contributed by atoms with E-state index in [2.05, 4.69) is 4.90 Å². The molecule has 1 aliphatic heterocycles. The molecular formula is C14H18Cl2N2O2. The fourth-order valence-electron chi connectivity index (χ4n) is 2.37. The Morgan fingerprint density at radius 2 is 2.00 bits per heavy atom. The monoisotopic (exact) mass is 316 g/mol. The first-order valence-electron chi connectivity index (χ1n) is 6.69. The van der Waals surface area contributed by atoms with Gasteiger partial charge >= 0.3 is 0 Å². The molecule has 1 aliphatic rings. The molecule has 4 nitrogen and oxygen atoms in total. The summed E-state index contributed by atoms with van der Waals surface area (Å²) in [5.41, 5.74) is 0.453. The smallest absolute Gasteiger partial charge is 0.255 e. The topological polar surface area (TPSA) is 43.8 Å². The Hall–Kier alpha value is -0.810. The maximum atomic E-state index is 12.5. The van der Waals surface area contributed by atoms with Crippen LogP contribution in [0.15, 0.2) is 18.2 Å². The third-order valence-electron chi connectivity index (χ3n) is 3.45. The van der Waals surface area contributed by atoms with E-state index < -0.39 is 0 Å². The lowest BCUT2D eigenvalue weighted by atomic mass is 10.2. The maximum Gasteiger partial charge on any atom is 0.255 e. The van der Waals surface area contributed by atoms with E-state index in [1.165, 1.54) is 0 Å². The molecule has 0 saturated carbocycles. The molecule has 0 unspecified atom stereocenters. The molecule has 0 radical (unpaired) electrons. The van der Waals surface area contributed by atoms with Crippen molar-refractivity contribution in [3.63, 3.8) is 0 Å². The van der Waals surface area contributed by atoms with Crippen LogP contribution >= 0.6 is 23.2 Å². The summed E-state index contributed by atoms with van der Waals surface area (Å²) in [6.07, 6.45) is 0.893. The van der Waals surface area contributed by atoms with Crippen molar-refractivity contribution in [1.29, 1.82) is 0 Å². The zero-order valence-corrected chi connectivity index (χ0v) is 12.7. The molecule has 110 valence electrons. The van der Waals surface area contributed by atoms with Crippen molar-refractivity contribution in [1.82, 2.24) is 9.80 Å². The summed E-state index contributed by atoms with van der Waals surface area (Å²) in [6, 6.07) is 4.93. The van der Waals surface area contributed by atoms with Crippen LogP contribution in [-0.2, 0) is 0 Å². The SMILES string of the molecule is O=C(c1cc(Cl)ccc1Cl)N1CCCN(CCO)CC1. The van der Waals surface area contributed by atoms with E-state index in [0.717, 1.165) is 19.5 Å². The van der Waals surface area contributed by atoms with Gasteiger partial charge in [-0.25, -0.2) is 0 Å². The Morgan fingerprint density at radius 1 is 1.20 bits per heavy atom. The van der Waals surface area contributed by atoms with Gasteiger partial charge in [0.1, 0.15) is 0 Å². The number of amides is 1. The number of benzene rings is 1. The fourth-order valence-corrected chi connectivity index (χ4v) is 2.74. The van der Waals surface area contributed by atoms with Crippen LogP contribution < -0.4 is 0 Å². The highest BCUT2D eigenvalue weighted by Crippen LogP contribution is 2.22. The standard InChI is InChI=1S/C14H18Cl2N2O2/c15-11-2-3-13(16)12(10-11)14(20)18-5-1-4-17(6-7-18)8-9-19/h2-3,10,19H,1,4-9H2. The molecule has 1 aromatic carbocycles. The molecule has 20 heavy (non-hydrogen) atoms. The number of nitrogens with zero attached hydrogens (tertiary/aromatic N) is 2. The van der Waals surface area contributed by atoms with Crippen LogP contribution in [0.5, 0.6) is 0 Å². The van der Waals surface area contributed by atoms with E-state index in [1.807, 2.05) is 0 Å². The van der Waals surface area contributed by atoms with Crippen LogP contribution in [0.1, 0.15) is 16.8 Å². The van der Waals surface area contributed by atoms with Gasteiger partial charge in [-0.3, -0.25) is 9.69 Å². The predicted molar refractivity (Wildman–Crippen MR) is 80.5 cm³/mol. The quantitative estimate of drug-likeness (QED) is 0.929. The van der Waals surface area contributed by atoms with Gasteiger partial charge in [0.2, 0.25) is 0 Å². The number of aliphatic hydroxyl groups is 1. The Balaban J connectivity index is 2.07. The van der Waals surface area contributed by atoms with Gasteiger partial charge in [-0.1, -0.05) is 23.2 Å². The number of hydrogen-bond donors (Lipinski definition) is 1. The molecule has 1 N–H and O–H groups in total. The molecule has 0 aliphatic carbocycles. The van der Waals surface area contributed by atoms with Crippen LogP contribution in [0.4, 0.5) is 0 Å². The molecule has 1 saturated heterocycles. The molecule has 1 heterocycles. The lowest BCUT2D eigenvalue weighted by Crippen LogP contribution is -2.36. The second-order valence-corrected chi connectivity index (χ2v) is 5.68. The molecule has 1 amide bonds. The van der Waals surface area contributed by atoms with Crippen LogP contribution in [0.2, 0.25) is 10.0 Å². The second-order valence-electron chi connectivity index (χ2n) is 4.84. The molecule has 6 heteroatoms. The fraction of sp³-hybridized carbons (Fsp3) is 0.500. The summed E-state index contributed by atoms with van der Waals surface area (Å²) < 4.78 is 0. The number of aliphatic hydroxyl groups excluding tert-OH is 1. The third-order valence-corrected chi connectivity index (χ3v) is 4.02. The normalized spacial score (nSPS) is 17.1. The van der Waals surface area contributed by atoms with E-state index in [-0.39, 0.29) is 12.5 Å². The number of hydrogen-bond acceptors (Lipinski definition) is 3. The molecular weight excluding hydrogens is 299 g/mol. The van der Waals surface area contributed by atoms with E-state index in [0.29, 0.717) is 35.2 Å². The molecule has 0 aromatic heterocycles. The van der Waals surface area contributed by atoms with E-state index in [1.54, 1.807) is 23.1 Å². The van der Waals surface area contributed by atoms with Gasteiger partial charge in [0.15, 0.2) is 0 Å². The minimum absolute atomic E-state index is 0.0802. The number of carbonyl (C=O) groups is 1. The van der Waals surface area contributed by atoms with Crippen LogP contribution in [-0.4, -0.2) is 60.1 Å². The average molecular weight is 317 g/mol. The van der Waals surface area contributed by atoms with E-state index >= 15 is 0 Å². The molecule has 0 bridgehead atoms. The zero-order valence-electron chi connectivity index (χ0n) is 11.2. The van der Waals surface area contributed by atoms with Crippen LogP contribution in [0, 0.1) is 0 Å². The van der Waals surface area contributed by atoms with Crippen molar-refractivity contribution < 1.29 is 9.90 Å². The number of carbonyl (C=O) groups excluding carboxylic acids is 1. The maximum absolute atomic E-state index is 12.5. The van der Waals surface area contributed by atoms with Gasteiger partial charge in [0.05, 0.1) is 17.2 Å². The van der Waals surface area contributed by atoms with Crippen LogP contribution in [0.3, 0.4) is 0 Å². The first-order valence-corrected chi connectivity index (χ1v) is 7.45. The highest BCUT2D eigenvalue weighted by atomic mass is 35.5. The minimum atomic E-state index is -0.0802. The lowest BCUT2D eigenvalue weighted by molar-refractivity contribution is 0.0760. The van der Waals surface area contributed by atoms with Gasteiger partial charge in [-0.05, 0) is 31.2 Å². The Bertz CT molecular complexity index is 482. The molecule has 1 fully saturated rings. The van der Waals surface area contributed by atoms with Gasteiger partial charge in [0, 0.05) is 31.2 Å². The van der Waals surface area contributed by atoms with Crippen molar-refractivity contribution in [2.24, 2.45) is 0 Å². The second kappa shape index (κ2) is 7.27. The average Bonchev–Trinajstić information content (AvgIpc) is 2.67.